The molecule has 0 bridgehead atoms. The fourth-order valence-electron chi connectivity index (χ4n) is 0.607. The van der Waals surface area contributed by atoms with Crippen LogP contribution in [0.15, 0.2) is 0 Å². The number of hydrogen-bond donors (Lipinski definition) is 0. The Morgan fingerprint density at radius 1 is 1.50 bits per heavy atom. The molecular formula is C10H19O2. The van der Waals surface area contributed by atoms with E-state index in [0.717, 1.165) is 12.8 Å². The van der Waals surface area contributed by atoms with Gasteiger partial charge in [0, 0.05) is 0 Å². The van der Waals surface area contributed by atoms with Crippen LogP contribution in [-0.4, -0.2) is 12.6 Å². The van der Waals surface area contributed by atoms with E-state index in [1.807, 2.05) is 13.8 Å². The maximum atomic E-state index is 11.3. The Kier molecular flexibility index (Phi) is 4.95. The molecule has 0 amide bonds. The zero-order chi connectivity index (χ0) is 9.61. The van der Waals surface area contributed by atoms with Crippen molar-refractivity contribution >= 4 is 5.97 Å². The first-order valence-corrected chi connectivity index (χ1v) is 4.51. The fourth-order valence-corrected chi connectivity index (χ4v) is 0.607. The zero-order valence-electron chi connectivity index (χ0n) is 8.35. The Bertz CT molecular complexity index is 139. The standard InChI is InChI=1S/C10H19O2/c1-5-7-8-12-9(11)10(3,4)6-2/h2,5-8H2,1,3-4H3. The van der Waals surface area contributed by atoms with E-state index in [2.05, 4.69) is 13.8 Å². The fraction of sp³-hybridized carbons (Fsp3) is 0.800. The monoisotopic (exact) mass is 171 g/mol. The van der Waals surface area contributed by atoms with Gasteiger partial charge in [-0.1, -0.05) is 20.3 Å². The molecule has 12 heavy (non-hydrogen) atoms. The van der Waals surface area contributed by atoms with Crippen molar-refractivity contribution in [2.75, 3.05) is 6.61 Å². The lowest BCUT2D eigenvalue weighted by molar-refractivity contribution is -0.153. The first kappa shape index (κ1) is 11.5. The van der Waals surface area contributed by atoms with Gasteiger partial charge in [-0.2, -0.15) is 0 Å². The second-order valence-corrected chi connectivity index (χ2v) is 3.62. The molecule has 1 radical (unpaired) electrons. The third-order valence-corrected chi connectivity index (χ3v) is 1.91. The van der Waals surface area contributed by atoms with Gasteiger partial charge in [-0.05, 0) is 26.7 Å². The van der Waals surface area contributed by atoms with Gasteiger partial charge in [0.15, 0.2) is 0 Å². The van der Waals surface area contributed by atoms with Crippen LogP contribution in [-0.2, 0) is 9.53 Å². The SMILES string of the molecule is [CH2]CC(C)(C)C(=O)OCCCC. The summed E-state index contributed by atoms with van der Waals surface area (Å²) in [6.45, 7) is 10.0. The number of hydrogen-bond acceptors (Lipinski definition) is 2. The minimum atomic E-state index is -0.423. The summed E-state index contributed by atoms with van der Waals surface area (Å²) in [5.74, 6) is -0.133. The van der Waals surface area contributed by atoms with Gasteiger partial charge in [0.2, 0.25) is 0 Å². The number of unbranched alkanes of at least 4 members (excludes halogenated alkanes) is 1. The van der Waals surface area contributed by atoms with Crippen LogP contribution in [0.1, 0.15) is 40.0 Å². The molecule has 0 saturated carbocycles. The van der Waals surface area contributed by atoms with Gasteiger partial charge < -0.3 is 4.74 Å². The molecule has 2 heteroatoms. The van der Waals surface area contributed by atoms with Crippen molar-refractivity contribution in [3.8, 4) is 0 Å². The predicted octanol–water partition coefficient (Wildman–Crippen LogP) is 2.58. The Morgan fingerprint density at radius 3 is 2.50 bits per heavy atom. The molecule has 0 spiro atoms. The lowest BCUT2D eigenvalue weighted by atomic mass is 9.91. The molecule has 0 fully saturated rings. The Labute approximate surface area is 75.3 Å². The molecule has 0 unspecified atom stereocenters. The van der Waals surface area contributed by atoms with Crippen LogP contribution < -0.4 is 0 Å². The summed E-state index contributed by atoms with van der Waals surface area (Å²) in [5.41, 5.74) is -0.423. The van der Waals surface area contributed by atoms with Crippen molar-refractivity contribution in [1.82, 2.24) is 0 Å². The van der Waals surface area contributed by atoms with Crippen molar-refractivity contribution in [2.24, 2.45) is 5.41 Å². The maximum Gasteiger partial charge on any atom is 0.311 e. The highest BCUT2D eigenvalue weighted by Crippen LogP contribution is 2.21. The average Bonchev–Trinajstić information content (AvgIpc) is 2.05. The van der Waals surface area contributed by atoms with Crippen LogP contribution in [0.5, 0.6) is 0 Å². The summed E-state index contributed by atoms with van der Waals surface area (Å²) >= 11 is 0. The summed E-state index contributed by atoms with van der Waals surface area (Å²) in [4.78, 5) is 11.3. The first-order chi connectivity index (χ1) is 5.54. The van der Waals surface area contributed by atoms with E-state index in [4.69, 9.17) is 4.74 Å². The summed E-state index contributed by atoms with van der Waals surface area (Å²) in [6.07, 6.45) is 2.58. The minimum Gasteiger partial charge on any atom is -0.465 e. The molecule has 0 N–H and O–H groups in total. The Hall–Kier alpha value is -0.530. The number of rotatable bonds is 5. The topological polar surface area (TPSA) is 26.3 Å². The van der Waals surface area contributed by atoms with Gasteiger partial charge in [-0.15, -0.1) is 0 Å². The van der Waals surface area contributed by atoms with E-state index in [9.17, 15) is 4.79 Å². The summed E-state index contributed by atoms with van der Waals surface area (Å²) in [7, 11) is 0. The molecule has 0 aliphatic heterocycles. The van der Waals surface area contributed by atoms with E-state index in [1.54, 1.807) is 0 Å². The molecular weight excluding hydrogens is 152 g/mol. The van der Waals surface area contributed by atoms with Crippen LogP contribution in [0.2, 0.25) is 0 Å². The highest BCUT2D eigenvalue weighted by Gasteiger charge is 2.26. The average molecular weight is 171 g/mol. The highest BCUT2D eigenvalue weighted by molar-refractivity contribution is 5.75. The van der Waals surface area contributed by atoms with Crippen molar-refractivity contribution in [3.63, 3.8) is 0 Å². The summed E-state index contributed by atoms with van der Waals surface area (Å²) in [6, 6.07) is 0. The molecule has 0 rings (SSSR count). The molecule has 0 aromatic heterocycles. The van der Waals surface area contributed by atoms with Gasteiger partial charge in [0.25, 0.3) is 0 Å². The van der Waals surface area contributed by atoms with Gasteiger partial charge in [0.1, 0.15) is 0 Å². The van der Waals surface area contributed by atoms with E-state index < -0.39 is 5.41 Å². The second-order valence-electron chi connectivity index (χ2n) is 3.62. The van der Waals surface area contributed by atoms with Crippen molar-refractivity contribution in [2.45, 2.75) is 40.0 Å². The zero-order valence-corrected chi connectivity index (χ0v) is 8.35. The molecule has 0 aromatic rings. The number of esters is 1. The lowest BCUT2D eigenvalue weighted by Crippen LogP contribution is -2.26. The van der Waals surface area contributed by atoms with Crippen LogP contribution in [0.4, 0.5) is 0 Å². The quantitative estimate of drug-likeness (QED) is 0.469. The van der Waals surface area contributed by atoms with Gasteiger partial charge in [0.05, 0.1) is 12.0 Å². The van der Waals surface area contributed by atoms with Crippen molar-refractivity contribution < 1.29 is 9.53 Å². The third kappa shape index (κ3) is 3.74. The minimum absolute atomic E-state index is 0.133. The number of carbonyl (C=O) groups is 1. The van der Waals surface area contributed by atoms with Gasteiger partial charge in [-0.3, -0.25) is 4.79 Å². The molecule has 71 valence electrons. The molecule has 0 heterocycles. The maximum absolute atomic E-state index is 11.3. The normalized spacial score (nSPS) is 11.3. The van der Waals surface area contributed by atoms with Crippen molar-refractivity contribution in [3.05, 3.63) is 6.92 Å². The van der Waals surface area contributed by atoms with Crippen molar-refractivity contribution in [1.29, 1.82) is 0 Å². The van der Waals surface area contributed by atoms with E-state index >= 15 is 0 Å². The lowest BCUT2D eigenvalue weighted by Gasteiger charge is -2.19. The Balaban J connectivity index is 3.72. The van der Waals surface area contributed by atoms with E-state index in [-0.39, 0.29) is 5.97 Å². The third-order valence-electron chi connectivity index (χ3n) is 1.91. The number of carbonyl (C=O) groups excluding carboxylic acids is 1. The van der Waals surface area contributed by atoms with Crippen LogP contribution >= 0.6 is 0 Å². The van der Waals surface area contributed by atoms with E-state index in [1.165, 1.54) is 0 Å². The van der Waals surface area contributed by atoms with Gasteiger partial charge >= 0.3 is 5.97 Å². The largest absolute Gasteiger partial charge is 0.465 e. The molecule has 0 saturated heterocycles. The molecule has 0 aromatic carbocycles. The predicted molar refractivity (Wildman–Crippen MR) is 49.6 cm³/mol. The highest BCUT2D eigenvalue weighted by atomic mass is 16.5. The van der Waals surface area contributed by atoms with Gasteiger partial charge in [-0.25, -0.2) is 0 Å². The first-order valence-electron chi connectivity index (χ1n) is 4.51. The smallest absolute Gasteiger partial charge is 0.311 e. The molecule has 2 nitrogen and oxygen atoms in total. The van der Waals surface area contributed by atoms with Crippen LogP contribution in [0.3, 0.4) is 0 Å². The second kappa shape index (κ2) is 5.18. The van der Waals surface area contributed by atoms with E-state index in [0.29, 0.717) is 13.0 Å². The van der Waals surface area contributed by atoms with Crippen LogP contribution in [0.25, 0.3) is 0 Å². The van der Waals surface area contributed by atoms with Crippen LogP contribution in [0, 0.1) is 12.3 Å². The molecule has 0 aliphatic rings. The molecule has 0 aliphatic carbocycles. The number of ether oxygens (including phenoxy) is 1. The summed E-state index contributed by atoms with van der Waals surface area (Å²) < 4.78 is 5.06. The molecule has 0 atom stereocenters. The summed E-state index contributed by atoms with van der Waals surface area (Å²) in [5, 5.41) is 0. The Morgan fingerprint density at radius 2 is 2.08 bits per heavy atom.